The Balaban J connectivity index is 1.83. The third-order valence-electron chi connectivity index (χ3n) is 3.28. The van der Waals surface area contributed by atoms with Gasteiger partial charge < -0.3 is 0 Å². The molecule has 0 amide bonds. The Hall–Kier alpha value is -1.83. The Morgan fingerprint density at radius 1 is 1.09 bits per heavy atom. The topological polar surface area (TPSA) is 72.0 Å². The van der Waals surface area contributed by atoms with Crippen LogP contribution >= 0.6 is 11.7 Å². The molecule has 0 saturated carbocycles. The van der Waals surface area contributed by atoms with E-state index in [1.165, 1.54) is 0 Å². The summed E-state index contributed by atoms with van der Waals surface area (Å²) in [6.07, 6.45) is 0.630. The third-order valence-corrected chi connectivity index (χ3v) is 5.44. The summed E-state index contributed by atoms with van der Waals surface area (Å²) in [7, 11) is -3.62. The molecule has 1 N–H and O–H groups in total. The van der Waals surface area contributed by atoms with Crippen LogP contribution in [-0.4, -0.2) is 23.2 Å². The Morgan fingerprint density at radius 2 is 1.86 bits per heavy atom. The average molecular weight is 333 g/mol. The van der Waals surface area contributed by atoms with Crippen molar-refractivity contribution in [1.29, 1.82) is 0 Å². The van der Waals surface area contributed by atoms with Crippen LogP contribution in [0.4, 0.5) is 0 Å². The monoisotopic (exact) mass is 333 g/mol. The SMILES string of the molecule is CC(Cc1ccccc1)NS(=O)(=O)c1cccc2nsnc12. The third kappa shape index (κ3) is 3.16. The number of rotatable bonds is 5. The molecule has 1 heterocycles. The fourth-order valence-corrected chi connectivity index (χ4v) is 4.35. The minimum Gasteiger partial charge on any atom is -0.208 e. The summed E-state index contributed by atoms with van der Waals surface area (Å²) >= 11 is 1.01. The van der Waals surface area contributed by atoms with Gasteiger partial charge in [0.15, 0.2) is 0 Å². The molecule has 0 aliphatic carbocycles. The van der Waals surface area contributed by atoms with Crippen LogP contribution in [0.5, 0.6) is 0 Å². The van der Waals surface area contributed by atoms with Gasteiger partial charge in [0.25, 0.3) is 0 Å². The molecule has 1 aromatic heterocycles. The number of hydrogen-bond acceptors (Lipinski definition) is 5. The maximum Gasteiger partial charge on any atom is 0.243 e. The van der Waals surface area contributed by atoms with Gasteiger partial charge in [-0.05, 0) is 31.0 Å². The smallest absolute Gasteiger partial charge is 0.208 e. The van der Waals surface area contributed by atoms with Gasteiger partial charge in [-0.25, -0.2) is 13.1 Å². The Bertz CT molecular complexity index is 876. The van der Waals surface area contributed by atoms with Gasteiger partial charge in [0.2, 0.25) is 10.0 Å². The minimum absolute atomic E-state index is 0.179. The van der Waals surface area contributed by atoms with E-state index in [-0.39, 0.29) is 10.9 Å². The molecule has 1 atom stereocenters. The van der Waals surface area contributed by atoms with E-state index < -0.39 is 10.0 Å². The van der Waals surface area contributed by atoms with Gasteiger partial charge in [0, 0.05) is 6.04 Å². The molecule has 0 spiro atoms. The number of aromatic nitrogens is 2. The van der Waals surface area contributed by atoms with Gasteiger partial charge in [-0.2, -0.15) is 8.75 Å². The molecule has 22 heavy (non-hydrogen) atoms. The molecule has 0 bridgehead atoms. The molecule has 2 aromatic carbocycles. The fourth-order valence-electron chi connectivity index (χ4n) is 2.34. The Kier molecular flexibility index (Phi) is 4.19. The molecule has 3 aromatic rings. The summed E-state index contributed by atoms with van der Waals surface area (Å²) in [5.74, 6) is 0. The maximum atomic E-state index is 12.6. The zero-order chi connectivity index (χ0) is 15.6. The molecule has 3 rings (SSSR count). The highest BCUT2D eigenvalue weighted by Crippen LogP contribution is 2.21. The average Bonchev–Trinajstić information content (AvgIpc) is 2.95. The number of benzene rings is 2. The van der Waals surface area contributed by atoms with Gasteiger partial charge in [-0.1, -0.05) is 36.4 Å². The molecule has 0 radical (unpaired) electrons. The van der Waals surface area contributed by atoms with Crippen LogP contribution in [0.2, 0.25) is 0 Å². The molecule has 114 valence electrons. The number of sulfonamides is 1. The molecule has 1 unspecified atom stereocenters. The molecular formula is C15H15N3O2S2. The van der Waals surface area contributed by atoms with Gasteiger partial charge in [0.05, 0.1) is 11.7 Å². The van der Waals surface area contributed by atoms with Crippen LogP contribution in [-0.2, 0) is 16.4 Å². The number of nitrogens with one attached hydrogen (secondary N) is 1. The Morgan fingerprint density at radius 3 is 2.64 bits per heavy atom. The first-order valence-electron chi connectivity index (χ1n) is 6.84. The largest absolute Gasteiger partial charge is 0.243 e. The van der Waals surface area contributed by atoms with Crippen molar-refractivity contribution in [2.24, 2.45) is 0 Å². The van der Waals surface area contributed by atoms with Crippen LogP contribution in [0.3, 0.4) is 0 Å². The highest BCUT2D eigenvalue weighted by atomic mass is 32.2. The lowest BCUT2D eigenvalue weighted by Gasteiger charge is -2.14. The van der Waals surface area contributed by atoms with Gasteiger partial charge in [-0.3, -0.25) is 0 Å². The van der Waals surface area contributed by atoms with Crippen molar-refractivity contribution in [2.75, 3.05) is 0 Å². The second kappa shape index (κ2) is 6.12. The van der Waals surface area contributed by atoms with Gasteiger partial charge in [0.1, 0.15) is 15.9 Å². The van der Waals surface area contributed by atoms with Crippen LogP contribution in [0.25, 0.3) is 11.0 Å². The lowest BCUT2D eigenvalue weighted by molar-refractivity contribution is 0.560. The molecule has 0 saturated heterocycles. The highest BCUT2D eigenvalue weighted by Gasteiger charge is 2.21. The predicted octanol–water partition coefficient (Wildman–Crippen LogP) is 2.60. The first kappa shape index (κ1) is 15.1. The number of fused-ring (bicyclic) bond motifs is 1. The summed E-state index contributed by atoms with van der Waals surface area (Å²) in [4.78, 5) is 0.179. The van der Waals surface area contributed by atoms with Crippen molar-refractivity contribution in [2.45, 2.75) is 24.3 Å². The molecule has 0 fully saturated rings. The van der Waals surface area contributed by atoms with Crippen LogP contribution < -0.4 is 4.72 Å². The van der Waals surface area contributed by atoms with Crippen molar-refractivity contribution in [1.82, 2.24) is 13.5 Å². The summed E-state index contributed by atoms with van der Waals surface area (Å²) in [6, 6.07) is 14.6. The van der Waals surface area contributed by atoms with Crippen molar-refractivity contribution < 1.29 is 8.42 Å². The standard InChI is InChI=1S/C15H15N3O2S2/c1-11(10-12-6-3-2-4-7-12)18-22(19,20)14-9-5-8-13-15(14)17-21-16-13/h2-9,11,18H,10H2,1H3. The number of nitrogens with zero attached hydrogens (tertiary/aromatic N) is 2. The number of hydrogen-bond donors (Lipinski definition) is 1. The first-order chi connectivity index (χ1) is 10.6. The van der Waals surface area contributed by atoms with E-state index in [1.54, 1.807) is 18.2 Å². The van der Waals surface area contributed by atoms with E-state index in [1.807, 2.05) is 37.3 Å². The maximum absolute atomic E-state index is 12.6. The summed E-state index contributed by atoms with van der Waals surface area (Å²) in [6.45, 7) is 1.85. The molecule has 7 heteroatoms. The van der Waals surface area contributed by atoms with E-state index in [0.717, 1.165) is 17.3 Å². The lowest BCUT2D eigenvalue weighted by atomic mass is 10.1. The second-order valence-electron chi connectivity index (χ2n) is 5.10. The lowest BCUT2D eigenvalue weighted by Crippen LogP contribution is -2.34. The van der Waals surface area contributed by atoms with Gasteiger partial charge in [-0.15, -0.1) is 0 Å². The molecule has 0 aliphatic heterocycles. The van der Waals surface area contributed by atoms with Gasteiger partial charge >= 0.3 is 0 Å². The van der Waals surface area contributed by atoms with Crippen molar-refractivity contribution in [3.05, 3.63) is 54.1 Å². The van der Waals surface area contributed by atoms with Crippen molar-refractivity contribution in [3.8, 4) is 0 Å². The zero-order valence-electron chi connectivity index (χ0n) is 11.9. The highest BCUT2D eigenvalue weighted by molar-refractivity contribution is 7.89. The zero-order valence-corrected chi connectivity index (χ0v) is 13.6. The van der Waals surface area contributed by atoms with Crippen LogP contribution in [0.15, 0.2) is 53.4 Å². The minimum atomic E-state index is -3.62. The molecular weight excluding hydrogens is 318 g/mol. The predicted molar refractivity (Wildman–Crippen MR) is 87.3 cm³/mol. The normalized spacial score (nSPS) is 13.3. The molecule has 5 nitrogen and oxygen atoms in total. The van der Waals surface area contributed by atoms with Crippen molar-refractivity contribution in [3.63, 3.8) is 0 Å². The molecule has 0 aliphatic rings. The van der Waals surface area contributed by atoms with E-state index in [0.29, 0.717) is 17.5 Å². The van der Waals surface area contributed by atoms with E-state index in [2.05, 4.69) is 13.5 Å². The second-order valence-corrected chi connectivity index (χ2v) is 7.31. The summed E-state index contributed by atoms with van der Waals surface area (Å²) in [5, 5.41) is 0. The van der Waals surface area contributed by atoms with E-state index in [9.17, 15) is 8.42 Å². The summed E-state index contributed by atoms with van der Waals surface area (Å²) in [5.41, 5.74) is 2.11. The summed E-state index contributed by atoms with van der Waals surface area (Å²) < 4.78 is 36.0. The van der Waals surface area contributed by atoms with Crippen molar-refractivity contribution >= 4 is 32.8 Å². The van der Waals surface area contributed by atoms with Crippen LogP contribution in [0, 0.1) is 0 Å². The van der Waals surface area contributed by atoms with E-state index >= 15 is 0 Å². The quantitative estimate of drug-likeness (QED) is 0.779. The van der Waals surface area contributed by atoms with E-state index in [4.69, 9.17) is 0 Å². The Labute approximate surface area is 133 Å². The van der Waals surface area contributed by atoms with Crippen LogP contribution in [0.1, 0.15) is 12.5 Å². The fraction of sp³-hybridized carbons (Fsp3) is 0.200. The first-order valence-corrected chi connectivity index (χ1v) is 9.05.